The van der Waals surface area contributed by atoms with Crippen molar-refractivity contribution < 1.29 is 13.9 Å². The average Bonchev–Trinajstić information content (AvgIpc) is 3.16. The summed E-state index contributed by atoms with van der Waals surface area (Å²) in [7, 11) is 0. The zero-order valence-electron chi connectivity index (χ0n) is 13.3. The maximum atomic E-state index is 13.7. The molecule has 3 saturated heterocycles. The topological polar surface area (TPSA) is 21.7 Å². The number of halogens is 1. The molecule has 0 radical (unpaired) electrons. The van der Waals surface area contributed by atoms with Crippen LogP contribution < -0.4 is 4.74 Å². The zero-order chi connectivity index (χ0) is 15.6. The van der Waals surface area contributed by atoms with Crippen LogP contribution in [0.15, 0.2) is 24.3 Å². The van der Waals surface area contributed by atoms with Crippen LogP contribution in [-0.2, 0) is 4.74 Å². The lowest BCUT2D eigenvalue weighted by atomic mass is 9.94. The highest BCUT2D eigenvalue weighted by atomic mass is 32.2. The second-order valence-corrected chi connectivity index (χ2v) is 8.06. The average molecular weight is 337 g/mol. The van der Waals surface area contributed by atoms with Gasteiger partial charge in [0.1, 0.15) is 0 Å². The predicted molar refractivity (Wildman–Crippen MR) is 90.5 cm³/mol. The summed E-state index contributed by atoms with van der Waals surface area (Å²) >= 11 is 2.07. The number of para-hydroxylation sites is 1. The van der Waals surface area contributed by atoms with Crippen LogP contribution in [0.25, 0.3) is 0 Å². The van der Waals surface area contributed by atoms with E-state index < -0.39 is 0 Å². The molecule has 3 aliphatic heterocycles. The molecule has 0 unspecified atom stereocenters. The van der Waals surface area contributed by atoms with E-state index >= 15 is 0 Å². The molecule has 1 aromatic carbocycles. The molecule has 126 valence electrons. The van der Waals surface area contributed by atoms with Gasteiger partial charge in [-0.3, -0.25) is 4.90 Å². The Bertz CT molecular complexity index is 538. The molecule has 5 heteroatoms. The first-order valence-corrected chi connectivity index (χ1v) is 9.77. The van der Waals surface area contributed by atoms with E-state index in [-0.39, 0.29) is 5.82 Å². The van der Waals surface area contributed by atoms with Crippen LogP contribution in [0, 0.1) is 17.7 Å². The Kier molecular flexibility index (Phi) is 4.78. The lowest BCUT2D eigenvalue weighted by Crippen LogP contribution is -2.38. The van der Waals surface area contributed by atoms with Crippen LogP contribution in [0.4, 0.5) is 4.39 Å². The smallest absolute Gasteiger partial charge is 0.165 e. The first-order chi connectivity index (χ1) is 11.3. The Labute approximate surface area is 141 Å². The molecular formula is C18H24FNO2S. The van der Waals surface area contributed by atoms with E-state index in [2.05, 4.69) is 16.7 Å². The van der Waals surface area contributed by atoms with Crippen molar-refractivity contribution in [2.24, 2.45) is 11.8 Å². The third kappa shape index (κ3) is 3.37. The molecule has 0 amide bonds. The fourth-order valence-corrected chi connectivity index (χ4v) is 5.19. The van der Waals surface area contributed by atoms with Crippen LogP contribution >= 0.6 is 11.8 Å². The van der Waals surface area contributed by atoms with Crippen LogP contribution in [0.5, 0.6) is 5.75 Å². The van der Waals surface area contributed by atoms with Crippen molar-refractivity contribution in [3.05, 3.63) is 30.1 Å². The number of ether oxygens (including phenoxy) is 2. The SMILES string of the molecule is Fc1ccccc1OC[C@@H]1CO[C@@H]2CN(C3CCSCC3)C[C@H]12. The Morgan fingerprint density at radius 3 is 2.87 bits per heavy atom. The van der Waals surface area contributed by atoms with Crippen molar-refractivity contribution >= 4 is 11.8 Å². The van der Waals surface area contributed by atoms with E-state index in [0.717, 1.165) is 25.7 Å². The number of rotatable bonds is 4. The normalized spacial score (nSPS) is 32.1. The van der Waals surface area contributed by atoms with Gasteiger partial charge >= 0.3 is 0 Å². The van der Waals surface area contributed by atoms with Gasteiger partial charge in [-0.2, -0.15) is 11.8 Å². The number of thioether (sulfide) groups is 1. The second-order valence-electron chi connectivity index (χ2n) is 6.83. The lowest BCUT2D eigenvalue weighted by molar-refractivity contribution is 0.0808. The molecule has 0 spiro atoms. The molecule has 23 heavy (non-hydrogen) atoms. The molecule has 3 nitrogen and oxygen atoms in total. The molecule has 0 N–H and O–H groups in total. The summed E-state index contributed by atoms with van der Waals surface area (Å²) in [5.74, 6) is 3.57. The fraction of sp³-hybridized carbons (Fsp3) is 0.667. The number of hydrogen-bond donors (Lipinski definition) is 0. The van der Waals surface area contributed by atoms with Gasteiger partial charge in [-0.25, -0.2) is 4.39 Å². The van der Waals surface area contributed by atoms with Gasteiger partial charge in [-0.05, 0) is 36.5 Å². The molecule has 3 fully saturated rings. The highest BCUT2D eigenvalue weighted by molar-refractivity contribution is 7.99. The molecule has 0 aliphatic carbocycles. The molecule has 1 aromatic rings. The van der Waals surface area contributed by atoms with Crippen molar-refractivity contribution in [3.63, 3.8) is 0 Å². The maximum Gasteiger partial charge on any atom is 0.165 e. The molecular weight excluding hydrogens is 313 g/mol. The van der Waals surface area contributed by atoms with Gasteiger partial charge in [-0.15, -0.1) is 0 Å². The van der Waals surface area contributed by atoms with Gasteiger partial charge < -0.3 is 9.47 Å². The van der Waals surface area contributed by atoms with Crippen molar-refractivity contribution in [1.82, 2.24) is 4.90 Å². The maximum absolute atomic E-state index is 13.7. The summed E-state index contributed by atoms with van der Waals surface area (Å²) in [6, 6.07) is 7.38. The number of fused-ring (bicyclic) bond motifs is 1. The molecule has 0 saturated carbocycles. The molecule has 0 aromatic heterocycles. The summed E-state index contributed by atoms with van der Waals surface area (Å²) in [6.07, 6.45) is 2.96. The fourth-order valence-electron chi connectivity index (χ4n) is 4.11. The van der Waals surface area contributed by atoms with Crippen LogP contribution in [0.1, 0.15) is 12.8 Å². The van der Waals surface area contributed by atoms with Crippen LogP contribution in [-0.4, -0.2) is 54.9 Å². The minimum atomic E-state index is -0.282. The van der Waals surface area contributed by atoms with E-state index in [1.54, 1.807) is 12.1 Å². The minimum absolute atomic E-state index is 0.282. The Hall–Kier alpha value is -0.780. The summed E-state index contributed by atoms with van der Waals surface area (Å²) in [5.41, 5.74) is 0. The van der Waals surface area contributed by atoms with Gasteiger partial charge in [0.15, 0.2) is 11.6 Å². The largest absolute Gasteiger partial charge is 0.490 e. The standard InChI is InChI=1S/C18H24FNO2S/c19-16-3-1-2-4-17(16)21-11-13-12-22-18-10-20(9-15(13)18)14-5-7-23-8-6-14/h1-4,13-15,18H,5-12H2/t13-,15-,18-/m1/s1. The van der Waals surface area contributed by atoms with Crippen LogP contribution in [0.3, 0.4) is 0 Å². The molecule has 3 heterocycles. The first-order valence-electron chi connectivity index (χ1n) is 8.62. The minimum Gasteiger partial charge on any atom is -0.490 e. The Morgan fingerprint density at radius 1 is 1.22 bits per heavy atom. The molecule has 3 aliphatic rings. The van der Waals surface area contributed by atoms with Gasteiger partial charge in [0.05, 0.1) is 19.3 Å². The summed E-state index contributed by atoms with van der Waals surface area (Å²) in [5, 5.41) is 0. The predicted octanol–water partition coefficient (Wildman–Crippen LogP) is 3.05. The van der Waals surface area contributed by atoms with E-state index in [9.17, 15) is 4.39 Å². The summed E-state index contributed by atoms with van der Waals surface area (Å²) in [4.78, 5) is 2.63. The van der Waals surface area contributed by atoms with E-state index in [0.29, 0.717) is 30.3 Å². The first kappa shape index (κ1) is 15.7. The highest BCUT2D eigenvalue weighted by Gasteiger charge is 2.45. The summed E-state index contributed by atoms with van der Waals surface area (Å²) in [6.45, 7) is 3.48. The number of benzene rings is 1. The zero-order valence-corrected chi connectivity index (χ0v) is 14.1. The van der Waals surface area contributed by atoms with E-state index in [1.165, 1.54) is 30.4 Å². The molecule has 0 bridgehead atoms. The highest BCUT2D eigenvalue weighted by Crippen LogP contribution is 2.37. The van der Waals surface area contributed by atoms with Crippen molar-refractivity contribution in [2.75, 3.05) is 37.8 Å². The Balaban J connectivity index is 1.34. The Morgan fingerprint density at radius 2 is 2.04 bits per heavy atom. The lowest BCUT2D eigenvalue weighted by Gasteiger charge is -2.31. The third-order valence-corrected chi connectivity index (χ3v) is 6.51. The van der Waals surface area contributed by atoms with Crippen molar-refractivity contribution in [1.29, 1.82) is 0 Å². The van der Waals surface area contributed by atoms with Crippen molar-refractivity contribution in [2.45, 2.75) is 25.0 Å². The monoisotopic (exact) mass is 337 g/mol. The number of hydrogen-bond acceptors (Lipinski definition) is 4. The molecule has 4 rings (SSSR count). The van der Waals surface area contributed by atoms with Gasteiger partial charge in [0.25, 0.3) is 0 Å². The van der Waals surface area contributed by atoms with Gasteiger partial charge in [-0.1, -0.05) is 12.1 Å². The summed E-state index contributed by atoms with van der Waals surface area (Å²) < 4.78 is 25.4. The third-order valence-electron chi connectivity index (χ3n) is 5.46. The van der Waals surface area contributed by atoms with E-state index in [1.807, 2.05) is 6.07 Å². The number of likely N-dealkylation sites (tertiary alicyclic amines) is 1. The van der Waals surface area contributed by atoms with E-state index in [4.69, 9.17) is 9.47 Å². The van der Waals surface area contributed by atoms with Crippen LogP contribution in [0.2, 0.25) is 0 Å². The van der Waals surface area contributed by atoms with Gasteiger partial charge in [0, 0.05) is 31.0 Å². The van der Waals surface area contributed by atoms with Crippen molar-refractivity contribution in [3.8, 4) is 5.75 Å². The molecule has 3 atom stereocenters. The second kappa shape index (κ2) is 6.99. The van der Waals surface area contributed by atoms with Gasteiger partial charge in [0.2, 0.25) is 0 Å². The number of nitrogens with zero attached hydrogens (tertiary/aromatic N) is 1. The quantitative estimate of drug-likeness (QED) is 0.842.